The fourth-order valence-corrected chi connectivity index (χ4v) is 15.5. The van der Waals surface area contributed by atoms with Crippen molar-refractivity contribution >= 4 is 41.9 Å². The average Bonchev–Trinajstić information content (AvgIpc) is 3.10. The van der Waals surface area contributed by atoms with Gasteiger partial charge < -0.3 is 28.4 Å². The second-order valence-electron chi connectivity index (χ2n) is 12.8. The van der Waals surface area contributed by atoms with Gasteiger partial charge in [-0.25, -0.2) is 0 Å². The normalized spacial score (nSPS) is 12.3. The molecule has 0 aliphatic carbocycles. The Labute approximate surface area is 302 Å². The number of hydrogen-bond donors (Lipinski definition) is 0. The maximum Gasteiger partial charge on any atom is 0.261 e. The Kier molecular flexibility index (Phi) is 14.0. The first-order chi connectivity index (χ1) is 22.5. The van der Waals surface area contributed by atoms with Crippen LogP contribution < -0.4 is 50.3 Å². The molecule has 0 amide bonds. The molecule has 0 heterocycles. The predicted octanol–water partition coefficient (Wildman–Crippen LogP) is 5.84. The zero-order valence-corrected chi connectivity index (χ0v) is 32.1. The second kappa shape index (κ2) is 17.9. The molecule has 0 unspecified atom stereocenters. The van der Waals surface area contributed by atoms with E-state index in [2.05, 4.69) is 197 Å². The fourth-order valence-electron chi connectivity index (χ4n) is 6.70. The average molecular weight is 767 g/mol. The van der Waals surface area contributed by atoms with Gasteiger partial charge in [0.15, 0.2) is 0 Å². The summed E-state index contributed by atoms with van der Waals surface area (Å²) in [4.78, 5) is 0. The van der Waals surface area contributed by atoms with Crippen molar-refractivity contribution in [2.24, 2.45) is 0 Å². The highest BCUT2D eigenvalue weighted by atomic mass is 127. The molecule has 5 aromatic carbocycles. The molecule has 5 aromatic rings. The molecule has 0 saturated carbocycles. The third-order valence-corrected chi connectivity index (χ3v) is 18.4. The lowest BCUT2D eigenvalue weighted by Gasteiger charge is -2.43. The third-order valence-electron chi connectivity index (χ3n) is 8.85. The topological polar surface area (TPSA) is 9.23 Å². The van der Waals surface area contributed by atoms with Crippen LogP contribution in [0.3, 0.4) is 0 Å². The lowest BCUT2D eigenvalue weighted by atomic mass is 10.2. The molecule has 242 valence electrons. The fraction of sp³-hybridized carbons (Fsp3) is 0.209. The predicted molar refractivity (Wildman–Crippen MR) is 206 cm³/mol. The Morgan fingerprint density at radius 1 is 0.511 bits per heavy atom. The molecule has 0 saturated heterocycles. The van der Waals surface area contributed by atoms with E-state index >= 15 is 0 Å². The summed E-state index contributed by atoms with van der Waals surface area (Å²) < 4.78 is 7.05. The maximum atomic E-state index is 7.05. The smallest absolute Gasteiger partial charge is 0.261 e. The largest absolute Gasteiger partial charge is 1.00 e. The van der Waals surface area contributed by atoms with Crippen LogP contribution in [0.2, 0.25) is 5.04 Å². The van der Waals surface area contributed by atoms with Crippen molar-refractivity contribution in [3.8, 4) is 0 Å². The first kappa shape index (κ1) is 36.7. The molecule has 0 N–H and O–H groups in total. The van der Waals surface area contributed by atoms with E-state index in [1.807, 2.05) is 0 Å². The molecule has 0 atom stereocenters. The van der Waals surface area contributed by atoms with Crippen LogP contribution in [0.15, 0.2) is 176 Å². The lowest BCUT2D eigenvalue weighted by Crippen LogP contribution is -3.00. The van der Waals surface area contributed by atoms with Gasteiger partial charge in [0.25, 0.3) is 8.32 Å². The molecule has 5 rings (SSSR count). The van der Waals surface area contributed by atoms with Gasteiger partial charge in [0.1, 0.15) is 23.2 Å². The van der Waals surface area contributed by atoms with Gasteiger partial charge in [-0.2, -0.15) is 0 Å². The van der Waals surface area contributed by atoms with Crippen LogP contribution in [0.5, 0.6) is 0 Å². The van der Waals surface area contributed by atoms with Gasteiger partial charge in [0.05, 0.1) is 6.16 Å². The van der Waals surface area contributed by atoms with Gasteiger partial charge in [0.2, 0.25) is 0 Å². The van der Waals surface area contributed by atoms with E-state index in [0.717, 1.165) is 25.4 Å². The van der Waals surface area contributed by atoms with Crippen LogP contribution in [0.25, 0.3) is 0 Å². The van der Waals surface area contributed by atoms with Crippen LogP contribution in [0, 0.1) is 0 Å². The molecule has 0 radical (unpaired) electrons. The summed E-state index contributed by atoms with van der Waals surface area (Å²) in [5.74, 6) is 0. The Morgan fingerprint density at radius 3 is 1.26 bits per heavy atom. The van der Waals surface area contributed by atoms with Crippen LogP contribution in [-0.4, -0.2) is 21.1 Å². The van der Waals surface area contributed by atoms with Crippen LogP contribution in [0.4, 0.5) is 0 Å². The first-order valence-electron chi connectivity index (χ1n) is 16.6. The molecule has 1 nitrogen and oxygen atoms in total. The van der Waals surface area contributed by atoms with Crippen molar-refractivity contribution in [2.75, 3.05) is 12.8 Å². The third kappa shape index (κ3) is 8.69. The highest BCUT2D eigenvalue weighted by molar-refractivity contribution is 7.95. The van der Waals surface area contributed by atoms with E-state index in [1.165, 1.54) is 26.3 Å². The van der Waals surface area contributed by atoms with Crippen molar-refractivity contribution in [1.29, 1.82) is 0 Å². The van der Waals surface area contributed by atoms with E-state index < -0.39 is 15.6 Å². The first-order valence-corrected chi connectivity index (χ1v) is 20.5. The summed E-state index contributed by atoms with van der Waals surface area (Å²) >= 11 is 0. The standard InChI is InChI=1S/C43H48OPSi.HI/c1-43(2,3)46(41-32-20-12-21-33-41,42-34-22-13-23-35-42)44-36-24-7-5-4-6-8-25-37-45(38-26-14-9-15-27-38,39-28-16-10-17-29-39)40-30-18-11-19-31-40;/h5-23,26-35H,4,24-25,36-37H2,1-3H3;1H/q+1;/p-1/b7-5-,8-6-;. The summed E-state index contributed by atoms with van der Waals surface area (Å²) in [5, 5.41) is 7.01. The Balaban J connectivity index is 0.00000500. The van der Waals surface area contributed by atoms with E-state index in [1.54, 1.807) is 0 Å². The van der Waals surface area contributed by atoms with Crippen LogP contribution >= 0.6 is 7.26 Å². The zero-order chi connectivity index (χ0) is 32.1. The lowest BCUT2D eigenvalue weighted by molar-refractivity contribution is -0.00000984. The molecule has 0 bridgehead atoms. The van der Waals surface area contributed by atoms with Crippen molar-refractivity contribution in [3.05, 3.63) is 176 Å². The summed E-state index contributed by atoms with van der Waals surface area (Å²) in [5.41, 5.74) is 0. The van der Waals surface area contributed by atoms with Gasteiger partial charge in [-0.15, -0.1) is 0 Å². The molecule has 0 fully saturated rings. The Hall–Kier alpha value is -3.08. The minimum atomic E-state index is -2.48. The number of hydrogen-bond acceptors (Lipinski definition) is 1. The van der Waals surface area contributed by atoms with Gasteiger partial charge in [0, 0.05) is 13.0 Å². The van der Waals surface area contributed by atoms with E-state index in [9.17, 15) is 0 Å². The molecule has 0 aliphatic rings. The van der Waals surface area contributed by atoms with Crippen LogP contribution in [0.1, 0.15) is 40.0 Å². The number of benzene rings is 5. The minimum Gasteiger partial charge on any atom is -1.00 e. The molecule has 0 aromatic heterocycles. The summed E-state index contributed by atoms with van der Waals surface area (Å²) in [6, 6.07) is 55.3. The van der Waals surface area contributed by atoms with Crippen molar-refractivity contribution in [3.63, 3.8) is 0 Å². The van der Waals surface area contributed by atoms with E-state index in [0.29, 0.717) is 6.61 Å². The highest BCUT2D eigenvalue weighted by Gasteiger charge is 2.50. The monoisotopic (exact) mass is 766 g/mol. The number of rotatable bonds is 14. The molecular formula is C43H48IOPSi. The highest BCUT2D eigenvalue weighted by Crippen LogP contribution is 2.55. The molecular weight excluding hydrogens is 718 g/mol. The summed E-state index contributed by atoms with van der Waals surface area (Å²) in [7, 11) is -4.27. The van der Waals surface area contributed by atoms with Gasteiger partial charge >= 0.3 is 0 Å². The minimum absolute atomic E-state index is 0. The molecule has 4 heteroatoms. The Bertz CT molecular complexity index is 1510. The SMILES string of the molecule is CC(C)(C)[Si](OCC/C=C\C/C=C\CC[P+](c1ccccc1)(c1ccccc1)c1ccccc1)(c1ccccc1)c1ccccc1.[I-]. The molecule has 0 spiro atoms. The van der Waals surface area contributed by atoms with Gasteiger partial charge in [-0.1, -0.05) is 160 Å². The van der Waals surface area contributed by atoms with E-state index in [4.69, 9.17) is 4.43 Å². The summed E-state index contributed by atoms with van der Waals surface area (Å²) in [6.45, 7) is 7.73. The van der Waals surface area contributed by atoms with Crippen molar-refractivity contribution in [2.45, 2.75) is 45.1 Å². The Morgan fingerprint density at radius 2 is 0.872 bits per heavy atom. The van der Waals surface area contributed by atoms with Crippen molar-refractivity contribution < 1.29 is 28.4 Å². The van der Waals surface area contributed by atoms with Crippen LogP contribution in [-0.2, 0) is 4.43 Å². The number of halogens is 1. The second-order valence-corrected chi connectivity index (χ2v) is 20.7. The zero-order valence-electron chi connectivity index (χ0n) is 28.0. The maximum absolute atomic E-state index is 7.05. The van der Waals surface area contributed by atoms with E-state index in [-0.39, 0.29) is 29.0 Å². The van der Waals surface area contributed by atoms with Crippen molar-refractivity contribution in [1.82, 2.24) is 0 Å². The molecule has 47 heavy (non-hydrogen) atoms. The quantitative estimate of drug-likeness (QED) is 0.0454. The number of allylic oxidation sites excluding steroid dienone is 3. The van der Waals surface area contributed by atoms with Gasteiger partial charge in [-0.3, -0.25) is 0 Å². The van der Waals surface area contributed by atoms with Gasteiger partial charge in [-0.05, 0) is 64.7 Å². The molecule has 0 aliphatic heterocycles. The summed E-state index contributed by atoms with van der Waals surface area (Å²) in [6.07, 6.45) is 13.3.